The SMILES string of the molecule is c1ccc2c(c1)OB1c3cc(-c4ccccc4-n4c5ccccc5c5ccccc54)ccc3Oc3cc(-n4c5ccccc5c5ccc(-n6c7ccccc7c7ccccc76)cc54)cc-2c31. The maximum atomic E-state index is 7.09. The first-order valence-corrected chi connectivity index (χ1v) is 22.6. The molecule has 0 saturated carbocycles. The molecule has 2 aliphatic heterocycles. The van der Waals surface area contributed by atoms with Crippen molar-refractivity contribution >= 4 is 83.3 Å². The highest BCUT2D eigenvalue weighted by Crippen LogP contribution is 2.44. The van der Waals surface area contributed by atoms with E-state index in [4.69, 9.17) is 9.39 Å². The molecule has 15 rings (SSSR count). The molecule has 0 aliphatic carbocycles. The standard InChI is InChI=1S/C60H36BN3O2/c1-8-22-50(64-54-26-12-5-18-43(54)44-19-6-13-27-55(44)64)40(15-1)37-29-32-58-49(33-37)61-60-48(47-21-7-14-28-57(47)66-61)34-39(36-59(60)65-58)63-53-25-11-4-20-45(53)46-31-30-38(35-56(46)63)62-51-23-9-2-16-41(51)42-17-3-10-24-52(42)62/h1-36H. The van der Waals surface area contributed by atoms with Crippen LogP contribution in [0.25, 0.3) is 105 Å². The predicted octanol–water partition coefficient (Wildman–Crippen LogP) is 13.9. The van der Waals surface area contributed by atoms with Crippen molar-refractivity contribution in [1.29, 1.82) is 0 Å². The van der Waals surface area contributed by atoms with Crippen LogP contribution in [-0.2, 0) is 0 Å². The summed E-state index contributed by atoms with van der Waals surface area (Å²) in [6.45, 7) is -0.372. The van der Waals surface area contributed by atoms with Crippen molar-refractivity contribution in [3.8, 4) is 56.6 Å². The predicted molar refractivity (Wildman–Crippen MR) is 272 cm³/mol. The van der Waals surface area contributed by atoms with Gasteiger partial charge in [0.05, 0.1) is 44.5 Å². The number of nitrogens with zero attached hydrogens (tertiary/aromatic N) is 3. The van der Waals surface area contributed by atoms with Crippen LogP contribution in [0.5, 0.6) is 17.2 Å². The second-order valence-corrected chi connectivity index (χ2v) is 17.6. The van der Waals surface area contributed by atoms with Crippen molar-refractivity contribution in [1.82, 2.24) is 13.7 Å². The van der Waals surface area contributed by atoms with Crippen molar-refractivity contribution < 1.29 is 9.39 Å². The van der Waals surface area contributed by atoms with Gasteiger partial charge in [-0.05, 0) is 77.9 Å². The Labute approximate surface area is 379 Å². The monoisotopic (exact) mass is 841 g/mol. The zero-order chi connectivity index (χ0) is 43.0. The molecule has 2 aliphatic rings. The average molecular weight is 842 g/mol. The third kappa shape index (κ3) is 4.90. The Morgan fingerprint density at radius 1 is 0.318 bits per heavy atom. The molecule has 0 fully saturated rings. The first-order chi connectivity index (χ1) is 32.7. The average Bonchev–Trinajstić information content (AvgIpc) is 4.02. The summed E-state index contributed by atoms with van der Waals surface area (Å²) in [4.78, 5) is 0. The third-order valence-corrected chi connectivity index (χ3v) is 14.1. The fourth-order valence-electron chi connectivity index (χ4n) is 11.3. The molecule has 5 heterocycles. The van der Waals surface area contributed by atoms with Crippen molar-refractivity contribution in [2.24, 2.45) is 0 Å². The number of fused-ring (bicyclic) bond motifs is 13. The van der Waals surface area contributed by atoms with E-state index < -0.39 is 0 Å². The number of para-hydroxylation sites is 7. The minimum absolute atomic E-state index is 0.372. The van der Waals surface area contributed by atoms with E-state index in [1.54, 1.807) is 0 Å². The van der Waals surface area contributed by atoms with Gasteiger partial charge in [0.25, 0.3) is 0 Å². The Kier molecular flexibility index (Phi) is 7.24. The van der Waals surface area contributed by atoms with Crippen LogP contribution in [0.4, 0.5) is 0 Å². The molecular formula is C60H36BN3O2. The molecule has 10 aromatic carbocycles. The summed E-state index contributed by atoms with van der Waals surface area (Å²) in [7, 11) is 0. The molecule has 0 N–H and O–H groups in total. The Morgan fingerprint density at radius 3 is 1.47 bits per heavy atom. The van der Waals surface area contributed by atoms with E-state index in [2.05, 4.69) is 232 Å². The minimum atomic E-state index is -0.372. The van der Waals surface area contributed by atoms with Crippen LogP contribution in [0.1, 0.15) is 0 Å². The number of aromatic nitrogens is 3. The van der Waals surface area contributed by atoms with Crippen LogP contribution in [0.2, 0.25) is 0 Å². The molecule has 0 unspecified atom stereocenters. The maximum absolute atomic E-state index is 7.09. The summed E-state index contributed by atoms with van der Waals surface area (Å²) < 4.78 is 21.4. The molecule has 0 atom stereocenters. The number of rotatable bonds is 4. The van der Waals surface area contributed by atoms with Gasteiger partial charge in [-0.3, -0.25) is 0 Å². The molecule has 0 radical (unpaired) electrons. The summed E-state index contributed by atoms with van der Waals surface area (Å²) in [5, 5.41) is 7.37. The second-order valence-electron chi connectivity index (χ2n) is 17.6. The van der Waals surface area contributed by atoms with Gasteiger partial charge in [-0.15, -0.1) is 0 Å². The smallest absolute Gasteiger partial charge is 0.434 e. The third-order valence-electron chi connectivity index (χ3n) is 14.1. The first-order valence-electron chi connectivity index (χ1n) is 22.6. The van der Waals surface area contributed by atoms with Crippen molar-refractivity contribution in [2.75, 3.05) is 0 Å². The fourth-order valence-corrected chi connectivity index (χ4v) is 11.3. The number of hydrogen-bond acceptors (Lipinski definition) is 2. The lowest BCUT2D eigenvalue weighted by atomic mass is 9.50. The Bertz CT molecular complexity index is 4100. The summed E-state index contributed by atoms with van der Waals surface area (Å²) in [5.74, 6) is 2.46. The number of ether oxygens (including phenoxy) is 1. The van der Waals surface area contributed by atoms with Gasteiger partial charge in [0, 0.05) is 66.1 Å². The van der Waals surface area contributed by atoms with Crippen LogP contribution in [-0.4, -0.2) is 20.6 Å². The van der Waals surface area contributed by atoms with Gasteiger partial charge in [-0.25, -0.2) is 0 Å². The molecule has 6 heteroatoms. The van der Waals surface area contributed by atoms with Crippen LogP contribution in [0.15, 0.2) is 218 Å². The fraction of sp³-hybridized carbons (Fsp3) is 0. The van der Waals surface area contributed by atoms with Crippen LogP contribution in [0, 0.1) is 0 Å². The highest BCUT2D eigenvalue weighted by Gasteiger charge is 2.41. The van der Waals surface area contributed by atoms with Crippen molar-refractivity contribution in [3.63, 3.8) is 0 Å². The number of benzene rings is 10. The van der Waals surface area contributed by atoms with Gasteiger partial charge in [0.15, 0.2) is 0 Å². The summed E-state index contributed by atoms with van der Waals surface area (Å²) in [6.07, 6.45) is 0. The Balaban J connectivity index is 0.920. The molecule has 0 spiro atoms. The summed E-state index contributed by atoms with van der Waals surface area (Å²) >= 11 is 0. The Hall–Kier alpha value is -8.74. The van der Waals surface area contributed by atoms with E-state index in [1.165, 1.54) is 54.4 Å². The lowest BCUT2D eigenvalue weighted by Crippen LogP contribution is -2.53. The van der Waals surface area contributed by atoms with Gasteiger partial charge in [0.1, 0.15) is 17.2 Å². The summed E-state index contributed by atoms with van der Waals surface area (Å²) in [5.41, 5.74) is 16.7. The van der Waals surface area contributed by atoms with Crippen LogP contribution >= 0.6 is 0 Å². The highest BCUT2D eigenvalue weighted by molar-refractivity contribution is 6.84. The lowest BCUT2D eigenvalue weighted by Gasteiger charge is -2.33. The molecule has 3 aromatic heterocycles. The quantitative estimate of drug-likeness (QED) is 0.165. The van der Waals surface area contributed by atoms with Crippen LogP contribution < -0.4 is 20.3 Å². The zero-order valence-corrected chi connectivity index (χ0v) is 35.5. The van der Waals surface area contributed by atoms with E-state index in [0.717, 1.165) is 78.5 Å². The van der Waals surface area contributed by atoms with E-state index in [0.29, 0.717) is 0 Å². The molecule has 0 saturated heterocycles. The molecule has 306 valence electrons. The lowest BCUT2D eigenvalue weighted by molar-refractivity contribution is 0.479. The van der Waals surface area contributed by atoms with E-state index in [-0.39, 0.29) is 6.92 Å². The van der Waals surface area contributed by atoms with Crippen LogP contribution in [0.3, 0.4) is 0 Å². The molecule has 0 amide bonds. The molecule has 13 aromatic rings. The highest BCUT2D eigenvalue weighted by atomic mass is 16.5. The second kappa shape index (κ2) is 13.4. The van der Waals surface area contributed by atoms with E-state index in [1.807, 2.05) is 0 Å². The molecule has 0 bridgehead atoms. The Morgan fingerprint density at radius 2 is 0.833 bits per heavy atom. The van der Waals surface area contributed by atoms with Gasteiger partial charge in [-0.2, -0.15) is 0 Å². The molecule has 66 heavy (non-hydrogen) atoms. The maximum Gasteiger partial charge on any atom is 0.434 e. The van der Waals surface area contributed by atoms with Gasteiger partial charge in [-0.1, -0.05) is 146 Å². The molecular weight excluding hydrogens is 805 g/mol. The number of hydrogen-bond donors (Lipinski definition) is 0. The molecule has 5 nitrogen and oxygen atoms in total. The largest absolute Gasteiger partial charge is 0.551 e. The minimum Gasteiger partial charge on any atom is -0.551 e. The first kappa shape index (κ1) is 35.7. The normalized spacial score (nSPS) is 12.8. The van der Waals surface area contributed by atoms with Gasteiger partial charge < -0.3 is 23.1 Å². The van der Waals surface area contributed by atoms with Crippen molar-refractivity contribution in [3.05, 3.63) is 218 Å². The van der Waals surface area contributed by atoms with Crippen molar-refractivity contribution in [2.45, 2.75) is 0 Å². The van der Waals surface area contributed by atoms with E-state index in [9.17, 15) is 0 Å². The summed E-state index contributed by atoms with van der Waals surface area (Å²) in [6, 6.07) is 78.8. The van der Waals surface area contributed by atoms with E-state index >= 15 is 0 Å². The van der Waals surface area contributed by atoms with Gasteiger partial charge >= 0.3 is 6.92 Å². The zero-order valence-electron chi connectivity index (χ0n) is 35.5. The van der Waals surface area contributed by atoms with Gasteiger partial charge in [0.2, 0.25) is 0 Å². The topological polar surface area (TPSA) is 33.2 Å².